The van der Waals surface area contributed by atoms with Crippen LogP contribution in [0.15, 0.2) is 18.2 Å². The average Bonchev–Trinajstić information content (AvgIpc) is 2.96. The van der Waals surface area contributed by atoms with Gasteiger partial charge in [0.25, 0.3) is 0 Å². The second kappa shape index (κ2) is 8.02. The SMILES string of the molecule is COc1cc(C(=O)OCC(=O)c2cc(C)sc2C)cc(OC)c1OC. The fraction of sp³-hybridized carbons (Fsp3) is 0.333. The van der Waals surface area contributed by atoms with Crippen molar-refractivity contribution in [2.45, 2.75) is 13.8 Å². The molecule has 2 aromatic rings. The molecule has 0 amide bonds. The van der Waals surface area contributed by atoms with E-state index in [1.165, 1.54) is 44.8 Å². The van der Waals surface area contributed by atoms with E-state index in [0.717, 1.165) is 9.75 Å². The van der Waals surface area contributed by atoms with Gasteiger partial charge in [0.1, 0.15) is 0 Å². The molecular formula is C18H20O6S. The van der Waals surface area contributed by atoms with Crippen LogP contribution in [0.5, 0.6) is 17.2 Å². The summed E-state index contributed by atoms with van der Waals surface area (Å²) >= 11 is 1.53. The normalized spacial score (nSPS) is 10.3. The zero-order valence-corrected chi connectivity index (χ0v) is 15.6. The first-order chi connectivity index (χ1) is 11.9. The minimum Gasteiger partial charge on any atom is -0.493 e. The molecule has 0 atom stereocenters. The highest BCUT2D eigenvalue weighted by molar-refractivity contribution is 7.12. The molecule has 1 aromatic heterocycles. The Morgan fingerprint density at radius 1 is 0.960 bits per heavy atom. The number of carbonyl (C=O) groups excluding carboxylic acids is 2. The molecule has 0 fully saturated rings. The quantitative estimate of drug-likeness (QED) is 0.554. The van der Waals surface area contributed by atoms with Gasteiger partial charge in [0, 0.05) is 15.3 Å². The van der Waals surface area contributed by atoms with Crippen molar-refractivity contribution in [2.75, 3.05) is 27.9 Å². The molecule has 0 radical (unpaired) electrons. The molecule has 1 heterocycles. The van der Waals surface area contributed by atoms with Crippen molar-refractivity contribution in [2.24, 2.45) is 0 Å². The first kappa shape index (κ1) is 18.8. The number of carbonyl (C=O) groups is 2. The molecular weight excluding hydrogens is 344 g/mol. The summed E-state index contributed by atoms with van der Waals surface area (Å²) in [5.74, 6) is 0.177. The largest absolute Gasteiger partial charge is 0.493 e. The summed E-state index contributed by atoms with van der Waals surface area (Å²) in [7, 11) is 4.39. The molecule has 0 saturated carbocycles. The van der Waals surface area contributed by atoms with Crippen LogP contribution in [0.4, 0.5) is 0 Å². The first-order valence-electron chi connectivity index (χ1n) is 7.48. The van der Waals surface area contributed by atoms with E-state index in [4.69, 9.17) is 18.9 Å². The number of hydrogen-bond acceptors (Lipinski definition) is 7. The summed E-state index contributed by atoms with van der Waals surface area (Å²) in [5, 5.41) is 0. The minimum atomic E-state index is -0.641. The van der Waals surface area contributed by atoms with E-state index in [9.17, 15) is 9.59 Å². The van der Waals surface area contributed by atoms with Crippen LogP contribution in [0.1, 0.15) is 30.5 Å². The lowest BCUT2D eigenvalue weighted by Gasteiger charge is -2.13. The highest BCUT2D eigenvalue weighted by Crippen LogP contribution is 2.38. The van der Waals surface area contributed by atoms with Crippen LogP contribution in [-0.2, 0) is 4.74 Å². The third-order valence-electron chi connectivity index (χ3n) is 3.58. The third-order valence-corrected chi connectivity index (χ3v) is 4.54. The molecule has 134 valence electrons. The van der Waals surface area contributed by atoms with Crippen LogP contribution in [0.3, 0.4) is 0 Å². The predicted molar refractivity (Wildman–Crippen MR) is 94.5 cm³/mol. The molecule has 7 heteroatoms. The number of rotatable bonds is 7. The Labute approximate surface area is 150 Å². The molecule has 0 saturated heterocycles. The zero-order valence-electron chi connectivity index (χ0n) is 14.8. The van der Waals surface area contributed by atoms with Gasteiger partial charge in [-0.2, -0.15) is 0 Å². The van der Waals surface area contributed by atoms with Gasteiger partial charge < -0.3 is 18.9 Å². The Kier molecular flexibility index (Phi) is 6.03. The monoisotopic (exact) mass is 364 g/mol. The van der Waals surface area contributed by atoms with Gasteiger partial charge in [-0.15, -0.1) is 11.3 Å². The lowest BCUT2D eigenvalue weighted by molar-refractivity contribution is 0.0474. The van der Waals surface area contributed by atoms with Crippen LogP contribution in [0, 0.1) is 13.8 Å². The Morgan fingerprint density at radius 3 is 2.00 bits per heavy atom. The number of methoxy groups -OCH3 is 3. The van der Waals surface area contributed by atoms with Crippen molar-refractivity contribution in [1.29, 1.82) is 0 Å². The molecule has 25 heavy (non-hydrogen) atoms. The number of ketones is 1. The lowest BCUT2D eigenvalue weighted by Crippen LogP contribution is -2.14. The van der Waals surface area contributed by atoms with Crippen LogP contribution < -0.4 is 14.2 Å². The van der Waals surface area contributed by atoms with Crippen LogP contribution in [0.25, 0.3) is 0 Å². The average molecular weight is 364 g/mol. The maximum Gasteiger partial charge on any atom is 0.338 e. The number of thiophene rings is 1. The van der Waals surface area contributed by atoms with E-state index in [1.54, 1.807) is 6.07 Å². The molecule has 0 aliphatic rings. The molecule has 2 rings (SSSR count). The molecule has 0 spiro atoms. The van der Waals surface area contributed by atoms with Gasteiger partial charge in [0.15, 0.2) is 18.1 Å². The third kappa shape index (κ3) is 4.11. The molecule has 0 N–H and O–H groups in total. The molecule has 0 unspecified atom stereocenters. The number of esters is 1. The summed E-state index contributed by atoms with van der Waals surface area (Å²) in [4.78, 5) is 26.5. The Hall–Kier alpha value is -2.54. The van der Waals surface area contributed by atoms with Crippen LogP contribution >= 0.6 is 11.3 Å². The number of aryl methyl sites for hydroxylation is 2. The van der Waals surface area contributed by atoms with E-state index in [-0.39, 0.29) is 18.0 Å². The van der Waals surface area contributed by atoms with Gasteiger partial charge in [-0.3, -0.25) is 4.79 Å². The van der Waals surface area contributed by atoms with E-state index >= 15 is 0 Å². The summed E-state index contributed by atoms with van der Waals surface area (Å²) in [6.45, 7) is 3.47. The van der Waals surface area contributed by atoms with Gasteiger partial charge in [0.05, 0.1) is 26.9 Å². The van der Waals surface area contributed by atoms with E-state index in [2.05, 4.69) is 0 Å². The summed E-state index contributed by atoms with van der Waals surface area (Å²) < 4.78 is 20.8. The topological polar surface area (TPSA) is 71.1 Å². The van der Waals surface area contributed by atoms with Crippen LogP contribution in [0.2, 0.25) is 0 Å². The van der Waals surface area contributed by atoms with Crippen molar-refractivity contribution in [1.82, 2.24) is 0 Å². The number of Topliss-reactive ketones (excluding diaryl/α,β-unsaturated/α-hetero) is 1. The minimum absolute atomic E-state index is 0.209. The second-order valence-corrected chi connectivity index (χ2v) is 6.70. The Morgan fingerprint density at radius 2 is 1.56 bits per heavy atom. The molecule has 0 aliphatic carbocycles. The van der Waals surface area contributed by atoms with Crippen molar-refractivity contribution in [3.8, 4) is 17.2 Å². The van der Waals surface area contributed by atoms with Crippen molar-refractivity contribution < 1.29 is 28.5 Å². The lowest BCUT2D eigenvalue weighted by atomic mass is 10.1. The first-order valence-corrected chi connectivity index (χ1v) is 8.30. The van der Waals surface area contributed by atoms with Crippen molar-refractivity contribution in [3.05, 3.63) is 39.1 Å². The highest BCUT2D eigenvalue weighted by atomic mass is 32.1. The number of hydrogen-bond donors (Lipinski definition) is 0. The standard InChI is InChI=1S/C18H20O6S/c1-10-6-13(11(2)25-10)14(19)9-24-18(20)12-7-15(21-3)17(23-5)16(8-12)22-4/h6-8H,9H2,1-5H3. The van der Waals surface area contributed by atoms with E-state index in [1.807, 2.05) is 13.8 Å². The van der Waals surface area contributed by atoms with Crippen molar-refractivity contribution in [3.63, 3.8) is 0 Å². The predicted octanol–water partition coefficient (Wildman–Crippen LogP) is 3.43. The fourth-order valence-electron chi connectivity index (χ4n) is 2.40. The van der Waals surface area contributed by atoms with Gasteiger partial charge in [-0.05, 0) is 32.0 Å². The molecule has 0 bridgehead atoms. The fourth-order valence-corrected chi connectivity index (χ4v) is 3.34. The summed E-state index contributed by atoms with van der Waals surface area (Å²) in [6.07, 6.45) is 0. The van der Waals surface area contributed by atoms with Gasteiger partial charge in [-0.25, -0.2) is 4.79 Å². The van der Waals surface area contributed by atoms with E-state index in [0.29, 0.717) is 22.8 Å². The number of benzene rings is 1. The zero-order chi connectivity index (χ0) is 18.6. The molecule has 6 nitrogen and oxygen atoms in total. The summed E-state index contributed by atoms with van der Waals surface area (Å²) in [6, 6.07) is 4.76. The van der Waals surface area contributed by atoms with Gasteiger partial charge in [-0.1, -0.05) is 0 Å². The van der Waals surface area contributed by atoms with Crippen LogP contribution in [-0.4, -0.2) is 39.7 Å². The molecule has 0 aliphatic heterocycles. The maximum atomic E-state index is 12.3. The van der Waals surface area contributed by atoms with Gasteiger partial charge >= 0.3 is 5.97 Å². The smallest absolute Gasteiger partial charge is 0.338 e. The second-order valence-electron chi connectivity index (χ2n) is 5.24. The molecule has 1 aromatic carbocycles. The maximum absolute atomic E-state index is 12.3. The Bertz CT molecular complexity index is 768. The van der Waals surface area contributed by atoms with E-state index < -0.39 is 5.97 Å². The highest BCUT2D eigenvalue weighted by Gasteiger charge is 2.19. The Balaban J connectivity index is 2.15. The van der Waals surface area contributed by atoms with Crippen molar-refractivity contribution >= 4 is 23.1 Å². The van der Waals surface area contributed by atoms with Gasteiger partial charge in [0.2, 0.25) is 11.5 Å². The number of ether oxygens (including phenoxy) is 4. The summed E-state index contributed by atoms with van der Waals surface area (Å²) in [5.41, 5.74) is 0.792.